The van der Waals surface area contributed by atoms with Gasteiger partial charge in [-0.1, -0.05) is 24.6 Å². The number of nitrogen functional groups attached to an aromatic ring is 1. The molecular formula is C16H19N3OS. The first-order chi connectivity index (χ1) is 10.2. The molecule has 1 saturated heterocycles. The molecule has 1 aliphatic heterocycles. The molecule has 1 unspecified atom stereocenters. The molecule has 1 amide bonds. The van der Waals surface area contributed by atoms with Crippen LogP contribution in [0, 0.1) is 0 Å². The van der Waals surface area contributed by atoms with E-state index in [1.165, 1.54) is 25.0 Å². The molecule has 0 radical (unpaired) electrons. The summed E-state index contributed by atoms with van der Waals surface area (Å²) in [7, 11) is 0. The highest BCUT2D eigenvalue weighted by atomic mass is 32.2. The molecule has 1 atom stereocenters. The van der Waals surface area contributed by atoms with Crippen molar-refractivity contribution in [1.29, 1.82) is 0 Å². The van der Waals surface area contributed by atoms with Crippen LogP contribution in [0.3, 0.4) is 0 Å². The van der Waals surface area contributed by atoms with Crippen molar-refractivity contribution in [2.75, 3.05) is 18.0 Å². The van der Waals surface area contributed by atoms with Gasteiger partial charge in [0, 0.05) is 22.9 Å². The lowest BCUT2D eigenvalue weighted by molar-refractivity contribution is 0.0949. The van der Waals surface area contributed by atoms with E-state index in [9.17, 15) is 4.79 Å². The Hall–Kier alpha value is -1.75. The number of hydrogen-bond acceptors (Lipinski definition) is 4. The second kappa shape index (κ2) is 6.35. The van der Waals surface area contributed by atoms with E-state index in [0.717, 1.165) is 10.9 Å². The number of nitrogens with zero attached hydrogens (tertiary/aromatic N) is 1. The Morgan fingerprint density at radius 3 is 3.05 bits per heavy atom. The third-order valence-electron chi connectivity index (χ3n) is 3.75. The van der Waals surface area contributed by atoms with Crippen LogP contribution in [0.15, 0.2) is 30.3 Å². The van der Waals surface area contributed by atoms with Crippen LogP contribution in [0.1, 0.15) is 29.8 Å². The maximum Gasteiger partial charge on any atom is 0.270 e. The quantitative estimate of drug-likeness (QED) is 0.914. The zero-order valence-electron chi connectivity index (χ0n) is 11.8. The molecule has 3 N–H and O–H groups in total. The van der Waals surface area contributed by atoms with Gasteiger partial charge in [0.15, 0.2) is 0 Å². The van der Waals surface area contributed by atoms with Gasteiger partial charge in [-0.05, 0) is 30.7 Å². The Labute approximate surface area is 128 Å². The van der Waals surface area contributed by atoms with Gasteiger partial charge in [-0.3, -0.25) is 4.79 Å². The molecule has 2 heterocycles. The van der Waals surface area contributed by atoms with Crippen LogP contribution >= 0.6 is 11.8 Å². The summed E-state index contributed by atoms with van der Waals surface area (Å²) in [6.45, 7) is 0.706. The first-order valence-electron chi connectivity index (χ1n) is 7.29. The number of amides is 1. The summed E-state index contributed by atoms with van der Waals surface area (Å²) in [6, 6.07) is 9.26. The lowest BCUT2D eigenvalue weighted by Gasteiger charge is -2.21. The van der Waals surface area contributed by atoms with Gasteiger partial charge in [0.25, 0.3) is 5.91 Å². The maximum absolute atomic E-state index is 12.2. The molecule has 21 heavy (non-hydrogen) atoms. The van der Waals surface area contributed by atoms with Crippen LogP contribution < -0.4 is 11.1 Å². The Kier molecular flexibility index (Phi) is 4.29. The van der Waals surface area contributed by atoms with Crippen molar-refractivity contribution in [3.05, 3.63) is 36.0 Å². The normalized spacial score (nSPS) is 18.6. The fraction of sp³-hybridized carbons (Fsp3) is 0.375. The summed E-state index contributed by atoms with van der Waals surface area (Å²) in [5, 5.41) is 4.40. The van der Waals surface area contributed by atoms with Gasteiger partial charge in [-0.2, -0.15) is 11.8 Å². The fourth-order valence-electron chi connectivity index (χ4n) is 2.58. The minimum atomic E-state index is -0.140. The second-order valence-corrected chi connectivity index (χ2v) is 6.72. The number of pyridine rings is 1. The van der Waals surface area contributed by atoms with Crippen molar-refractivity contribution < 1.29 is 4.79 Å². The number of nitrogens with one attached hydrogen (secondary N) is 1. The Morgan fingerprint density at radius 2 is 2.24 bits per heavy atom. The molecule has 1 aromatic carbocycles. The summed E-state index contributed by atoms with van der Waals surface area (Å²) in [4.78, 5) is 16.6. The number of benzene rings is 1. The van der Waals surface area contributed by atoms with Crippen molar-refractivity contribution in [2.45, 2.75) is 24.5 Å². The fourth-order valence-corrected chi connectivity index (χ4v) is 3.82. The maximum atomic E-state index is 12.2. The number of fused-ring (bicyclic) bond motifs is 1. The van der Waals surface area contributed by atoms with Crippen molar-refractivity contribution in [3.8, 4) is 0 Å². The van der Waals surface area contributed by atoms with E-state index in [2.05, 4.69) is 10.3 Å². The largest absolute Gasteiger partial charge is 0.398 e. The monoisotopic (exact) mass is 301 g/mol. The van der Waals surface area contributed by atoms with Crippen molar-refractivity contribution in [3.63, 3.8) is 0 Å². The van der Waals surface area contributed by atoms with Gasteiger partial charge in [0.05, 0.1) is 5.52 Å². The first-order valence-corrected chi connectivity index (χ1v) is 8.34. The molecule has 2 aromatic rings. The number of carbonyl (C=O) groups is 1. The van der Waals surface area contributed by atoms with Crippen LogP contribution in [-0.4, -0.2) is 28.4 Å². The Morgan fingerprint density at radius 1 is 1.38 bits per heavy atom. The number of nitrogens with two attached hydrogens (primary N) is 1. The van der Waals surface area contributed by atoms with E-state index in [1.807, 2.05) is 36.0 Å². The molecule has 110 valence electrons. The van der Waals surface area contributed by atoms with Crippen molar-refractivity contribution in [1.82, 2.24) is 10.3 Å². The third-order valence-corrected chi connectivity index (χ3v) is 5.14. The standard InChI is InChI=1S/C16H19N3OS/c17-13-9-15(19-14-7-2-1-6-12(13)14)16(20)18-10-11-5-3-4-8-21-11/h1-2,6-7,9,11H,3-5,8,10H2,(H2,17,19)(H,18,20). The van der Waals surface area contributed by atoms with Gasteiger partial charge in [0.1, 0.15) is 5.69 Å². The molecule has 0 bridgehead atoms. The summed E-state index contributed by atoms with van der Waals surface area (Å²) in [5.41, 5.74) is 7.76. The smallest absolute Gasteiger partial charge is 0.270 e. The molecular weight excluding hydrogens is 282 g/mol. The van der Waals surface area contributed by atoms with Gasteiger partial charge in [-0.25, -0.2) is 4.98 Å². The molecule has 3 rings (SSSR count). The van der Waals surface area contributed by atoms with Crippen molar-refractivity contribution in [2.24, 2.45) is 0 Å². The van der Waals surface area contributed by atoms with E-state index < -0.39 is 0 Å². The van der Waals surface area contributed by atoms with Crippen LogP contribution in [0.25, 0.3) is 10.9 Å². The predicted molar refractivity (Wildman–Crippen MR) is 88.6 cm³/mol. The minimum Gasteiger partial charge on any atom is -0.398 e. The number of rotatable bonds is 3. The predicted octanol–water partition coefficient (Wildman–Crippen LogP) is 2.83. The van der Waals surface area contributed by atoms with Crippen LogP contribution in [0.2, 0.25) is 0 Å². The molecule has 1 aromatic heterocycles. The van der Waals surface area contributed by atoms with E-state index in [-0.39, 0.29) is 5.91 Å². The average molecular weight is 301 g/mol. The lowest BCUT2D eigenvalue weighted by atomic mass is 10.1. The number of para-hydroxylation sites is 1. The zero-order valence-corrected chi connectivity index (χ0v) is 12.7. The van der Waals surface area contributed by atoms with Crippen LogP contribution in [0.5, 0.6) is 0 Å². The summed E-state index contributed by atoms with van der Waals surface area (Å²) in [5.74, 6) is 1.06. The topological polar surface area (TPSA) is 68.0 Å². The highest BCUT2D eigenvalue weighted by Crippen LogP contribution is 2.24. The molecule has 0 aliphatic carbocycles. The van der Waals surface area contributed by atoms with Gasteiger partial charge in [-0.15, -0.1) is 0 Å². The highest BCUT2D eigenvalue weighted by Gasteiger charge is 2.16. The SMILES string of the molecule is Nc1cc(C(=O)NCC2CCCCS2)nc2ccccc12. The molecule has 4 nitrogen and oxygen atoms in total. The average Bonchev–Trinajstić information content (AvgIpc) is 2.53. The number of thioether (sulfide) groups is 1. The highest BCUT2D eigenvalue weighted by molar-refractivity contribution is 7.99. The first kappa shape index (κ1) is 14.2. The zero-order chi connectivity index (χ0) is 14.7. The summed E-state index contributed by atoms with van der Waals surface area (Å²) in [6.07, 6.45) is 3.73. The third kappa shape index (κ3) is 3.29. The van der Waals surface area contributed by atoms with E-state index in [4.69, 9.17) is 5.73 Å². The van der Waals surface area contributed by atoms with Crippen molar-refractivity contribution >= 4 is 34.3 Å². The number of hydrogen-bond donors (Lipinski definition) is 2. The van der Waals surface area contributed by atoms with Gasteiger partial charge in [0.2, 0.25) is 0 Å². The number of anilines is 1. The molecule has 5 heteroatoms. The van der Waals surface area contributed by atoms with E-state index in [0.29, 0.717) is 23.2 Å². The Bertz CT molecular complexity index is 653. The molecule has 0 spiro atoms. The minimum absolute atomic E-state index is 0.140. The Balaban J connectivity index is 1.72. The summed E-state index contributed by atoms with van der Waals surface area (Å²) < 4.78 is 0. The number of aromatic nitrogens is 1. The molecule has 1 aliphatic rings. The molecule has 1 fully saturated rings. The van der Waals surface area contributed by atoms with Gasteiger partial charge < -0.3 is 11.1 Å². The second-order valence-electron chi connectivity index (χ2n) is 5.31. The van der Waals surface area contributed by atoms with Gasteiger partial charge >= 0.3 is 0 Å². The summed E-state index contributed by atoms with van der Waals surface area (Å²) >= 11 is 1.95. The number of carbonyl (C=O) groups excluding carboxylic acids is 1. The van der Waals surface area contributed by atoms with Crippen LogP contribution in [-0.2, 0) is 0 Å². The van der Waals surface area contributed by atoms with E-state index in [1.54, 1.807) is 6.07 Å². The molecule has 0 saturated carbocycles. The van der Waals surface area contributed by atoms with E-state index >= 15 is 0 Å². The lowest BCUT2D eigenvalue weighted by Crippen LogP contribution is -2.32. The van der Waals surface area contributed by atoms with Crippen LogP contribution in [0.4, 0.5) is 5.69 Å².